The molecule has 0 radical (unpaired) electrons. The zero-order valence-corrected chi connectivity index (χ0v) is 9.78. The van der Waals surface area contributed by atoms with Crippen molar-refractivity contribution in [2.45, 2.75) is 19.3 Å². The van der Waals surface area contributed by atoms with Crippen molar-refractivity contribution >= 4 is 0 Å². The van der Waals surface area contributed by atoms with Crippen molar-refractivity contribution in [1.29, 1.82) is 0 Å². The van der Waals surface area contributed by atoms with E-state index < -0.39 is 17.7 Å². The van der Waals surface area contributed by atoms with E-state index in [0.717, 1.165) is 10.9 Å². The van der Waals surface area contributed by atoms with Crippen LogP contribution in [0.15, 0.2) is 30.5 Å². The van der Waals surface area contributed by atoms with Crippen LogP contribution in [0.2, 0.25) is 0 Å². The summed E-state index contributed by atoms with van der Waals surface area (Å²) in [6, 6.07) is 5.21. The lowest BCUT2D eigenvalue weighted by Gasteiger charge is -2.12. The fourth-order valence-electron chi connectivity index (χ4n) is 1.78. The molecule has 0 saturated heterocycles. The summed E-state index contributed by atoms with van der Waals surface area (Å²) in [5.74, 6) is -0.442. The van der Waals surface area contributed by atoms with Gasteiger partial charge in [0.2, 0.25) is 0 Å². The van der Waals surface area contributed by atoms with Crippen LogP contribution in [-0.2, 0) is 19.3 Å². The highest BCUT2D eigenvalue weighted by molar-refractivity contribution is 5.23. The minimum atomic E-state index is -4.52. The predicted molar refractivity (Wildman–Crippen MR) is 60.6 cm³/mol. The molecule has 0 bridgehead atoms. The lowest BCUT2D eigenvalue weighted by molar-refractivity contribution is -0.144. The molecule has 0 spiro atoms. The molecule has 0 fully saturated rings. The normalized spacial score (nSPS) is 11.8. The standard InChI is InChI=1S/C12H11F4N3/c13-10-3-1-8(2-4-10)7-19-11(12(14,15)16)9(5-17)6-18-19/h1-4,6H,5,7,17H2. The number of aromatic nitrogens is 2. The Morgan fingerprint density at radius 1 is 1.16 bits per heavy atom. The van der Waals surface area contributed by atoms with Gasteiger partial charge in [-0.05, 0) is 17.7 Å². The highest BCUT2D eigenvalue weighted by Gasteiger charge is 2.37. The lowest BCUT2D eigenvalue weighted by Crippen LogP contribution is -2.18. The van der Waals surface area contributed by atoms with Crippen LogP contribution in [0.25, 0.3) is 0 Å². The van der Waals surface area contributed by atoms with Gasteiger partial charge in [0.15, 0.2) is 0 Å². The van der Waals surface area contributed by atoms with E-state index in [1.54, 1.807) is 0 Å². The van der Waals surface area contributed by atoms with Crippen LogP contribution in [-0.4, -0.2) is 9.78 Å². The zero-order valence-electron chi connectivity index (χ0n) is 9.78. The number of hydrogen-bond donors (Lipinski definition) is 1. The van der Waals surface area contributed by atoms with E-state index in [1.807, 2.05) is 0 Å². The molecule has 7 heteroatoms. The monoisotopic (exact) mass is 273 g/mol. The molecule has 0 aliphatic carbocycles. The summed E-state index contributed by atoms with van der Waals surface area (Å²) in [6.07, 6.45) is -3.42. The van der Waals surface area contributed by atoms with Gasteiger partial charge in [-0.1, -0.05) is 12.1 Å². The summed E-state index contributed by atoms with van der Waals surface area (Å²) in [7, 11) is 0. The van der Waals surface area contributed by atoms with Crippen molar-refractivity contribution in [3.63, 3.8) is 0 Å². The van der Waals surface area contributed by atoms with Crippen molar-refractivity contribution in [3.8, 4) is 0 Å². The topological polar surface area (TPSA) is 43.8 Å². The van der Waals surface area contributed by atoms with E-state index >= 15 is 0 Å². The number of alkyl halides is 3. The molecule has 2 aromatic rings. The van der Waals surface area contributed by atoms with Crippen LogP contribution in [0.3, 0.4) is 0 Å². The third-order valence-corrected chi connectivity index (χ3v) is 2.65. The Balaban J connectivity index is 2.35. The number of hydrogen-bond acceptors (Lipinski definition) is 2. The SMILES string of the molecule is NCc1cnn(Cc2ccc(F)cc2)c1C(F)(F)F. The second-order valence-electron chi connectivity index (χ2n) is 4.00. The molecule has 2 N–H and O–H groups in total. The van der Waals surface area contributed by atoms with Gasteiger partial charge in [-0.15, -0.1) is 0 Å². The van der Waals surface area contributed by atoms with E-state index in [9.17, 15) is 17.6 Å². The first kappa shape index (κ1) is 13.5. The molecule has 0 amide bonds. The zero-order chi connectivity index (χ0) is 14.0. The summed E-state index contributed by atoms with van der Waals surface area (Å²) >= 11 is 0. The van der Waals surface area contributed by atoms with Crippen LogP contribution in [0, 0.1) is 5.82 Å². The number of halogens is 4. The number of benzene rings is 1. The molecule has 0 unspecified atom stereocenters. The van der Waals surface area contributed by atoms with E-state index in [0.29, 0.717) is 5.56 Å². The summed E-state index contributed by atoms with van der Waals surface area (Å²) in [6.45, 7) is -0.326. The maximum atomic E-state index is 12.9. The molecule has 0 aliphatic heterocycles. The fourth-order valence-corrected chi connectivity index (χ4v) is 1.78. The minimum Gasteiger partial charge on any atom is -0.326 e. The third-order valence-electron chi connectivity index (χ3n) is 2.65. The molecule has 1 aromatic carbocycles. The molecule has 0 aliphatic rings. The third kappa shape index (κ3) is 2.93. The van der Waals surface area contributed by atoms with Crippen LogP contribution < -0.4 is 5.73 Å². The molecule has 102 valence electrons. The average molecular weight is 273 g/mol. The Morgan fingerprint density at radius 2 is 1.79 bits per heavy atom. The molecule has 1 aromatic heterocycles. The Labute approximate surface area is 106 Å². The molecule has 3 nitrogen and oxygen atoms in total. The molecular formula is C12H11F4N3. The maximum absolute atomic E-state index is 12.9. The minimum absolute atomic E-state index is 0.0605. The fraction of sp³-hybridized carbons (Fsp3) is 0.250. The van der Waals surface area contributed by atoms with Gasteiger partial charge >= 0.3 is 6.18 Å². The van der Waals surface area contributed by atoms with Crippen LogP contribution >= 0.6 is 0 Å². The van der Waals surface area contributed by atoms with Crippen LogP contribution in [0.4, 0.5) is 17.6 Å². The van der Waals surface area contributed by atoms with Gasteiger partial charge in [-0.2, -0.15) is 18.3 Å². The van der Waals surface area contributed by atoms with E-state index in [4.69, 9.17) is 5.73 Å². The van der Waals surface area contributed by atoms with Crippen molar-refractivity contribution in [3.05, 3.63) is 53.1 Å². The Kier molecular flexibility index (Phi) is 3.57. The Hall–Kier alpha value is -1.89. The molecule has 0 atom stereocenters. The number of rotatable bonds is 3. The summed E-state index contributed by atoms with van der Waals surface area (Å²) < 4.78 is 52.3. The first-order valence-corrected chi connectivity index (χ1v) is 5.48. The summed E-state index contributed by atoms with van der Waals surface area (Å²) in [5.41, 5.74) is 4.88. The van der Waals surface area contributed by atoms with E-state index in [1.165, 1.54) is 24.3 Å². The van der Waals surface area contributed by atoms with Gasteiger partial charge in [-0.3, -0.25) is 4.68 Å². The largest absolute Gasteiger partial charge is 0.433 e. The quantitative estimate of drug-likeness (QED) is 0.873. The van der Waals surface area contributed by atoms with Gasteiger partial charge in [0.25, 0.3) is 0 Å². The average Bonchev–Trinajstić information content (AvgIpc) is 2.75. The first-order valence-electron chi connectivity index (χ1n) is 5.48. The van der Waals surface area contributed by atoms with Crippen LogP contribution in [0.5, 0.6) is 0 Å². The summed E-state index contributed by atoms with van der Waals surface area (Å²) in [5, 5.41) is 3.69. The van der Waals surface area contributed by atoms with Gasteiger partial charge in [0, 0.05) is 12.1 Å². The predicted octanol–water partition coefficient (Wildman–Crippen LogP) is 2.55. The van der Waals surface area contributed by atoms with Gasteiger partial charge in [0.1, 0.15) is 11.5 Å². The van der Waals surface area contributed by atoms with Crippen LogP contribution in [0.1, 0.15) is 16.8 Å². The van der Waals surface area contributed by atoms with E-state index in [2.05, 4.69) is 5.10 Å². The van der Waals surface area contributed by atoms with Crippen molar-refractivity contribution in [2.75, 3.05) is 0 Å². The molecule has 19 heavy (non-hydrogen) atoms. The van der Waals surface area contributed by atoms with Crippen molar-refractivity contribution in [1.82, 2.24) is 9.78 Å². The summed E-state index contributed by atoms with van der Waals surface area (Å²) in [4.78, 5) is 0. The molecule has 2 rings (SSSR count). The number of nitrogens with two attached hydrogens (primary N) is 1. The highest BCUT2D eigenvalue weighted by atomic mass is 19.4. The van der Waals surface area contributed by atoms with Crippen molar-refractivity contribution in [2.24, 2.45) is 5.73 Å². The Morgan fingerprint density at radius 3 is 2.32 bits per heavy atom. The highest BCUT2D eigenvalue weighted by Crippen LogP contribution is 2.32. The Bertz CT molecular complexity index is 557. The van der Waals surface area contributed by atoms with Gasteiger partial charge < -0.3 is 5.73 Å². The van der Waals surface area contributed by atoms with Gasteiger partial charge in [0.05, 0.1) is 12.7 Å². The van der Waals surface area contributed by atoms with E-state index in [-0.39, 0.29) is 18.7 Å². The number of nitrogens with zero attached hydrogens (tertiary/aromatic N) is 2. The molecule has 0 saturated carbocycles. The molecular weight excluding hydrogens is 262 g/mol. The maximum Gasteiger partial charge on any atom is 0.433 e. The molecule has 1 heterocycles. The van der Waals surface area contributed by atoms with Crippen molar-refractivity contribution < 1.29 is 17.6 Å². The smallest absolute Gasteiger partial charge is 0.326 e. The lowest BCUT2D eigenvalue weighted by atomic mass is 10.2. The second-order valence-corrected chi connectivity index (χ2v) is 4.00. The first-order chi connectivity index (χ1) is 8.91. The van der Waals surface area contributed by atoms with Gasteiger partial charge in [-0.25, -0.2) is 4.39 Å². The second kappa shape index (κ2) is 5.00.